The largest absolute Gasteiger partial charge is 0.298 e. The normalized spacial score (nSPS) is 16.5. The second-order valence-corrected chi connectivity index (χ2v) is 6.98. The van der Waals surface area contributed by atoms with Gasteiger partial charge in [0, 0.05) is 4.47 Å². The van der Waals surface area contributed by atoms with Crippen molar-refractivity contribution in [1.29, 1.82) is 0 Å². The third kappa shape index (κ3) is 3.34. The first-order valence-electron chi connectivity index (χ1n) is 6.44. The van der Waals surface area contributed by atoms with E-state index in [1.165, 1.54) is 12.1 Å². The standard InChI is InChI=1S/C16H8BrClFNO2S/c17-10-3-1-9(2-4-10)7-14-15(21)20(16(22)23-14)11-5-6-13(19)12(18)8-11/h1-8H/b14-7-. The molecule has 0 bridgehead atoms. The zero-order valence-corrected chi connectivity index (χ0v) is 14.6. The molecule has 116 valence electrons. The molecule has 0 spiro atoms. The molecule has 0 atom stereocenters. The molecule has 1 aliphatic rings. The highest BCUT2D eigenvalue weighted by Gasteiger charge is 2.36. The van der Waals surface area contributed by atoms with Crippen molar-refractivity contribution < 1.29 is 14.0 Å². The van der Waals surface area contributed by atoms with E-state index in [1.807, 2.05) is 24.3 Å². The van der Waals surface area contributed by atoms with Gasteiger partial charge in [-0.2, -0.15) is 0 Å². The summed E-state index contributed by atoms with van der Waals surface area (Å²) in [6, 6.07) is 11.1. The SMILES string of the molecule is O=C1S/C(=C\c2ccc(Br)cc2)C(=O)N1c1ccc(F)c(Cl)c1. The highest BCUT2D eigenvalue weighted by atomic mass is 79.9. The maximum atomic E-state index is 13.2. The second kappa shape index (κ2) is 6.47. The van der Waals surface area contributed by atoms with Crippen molar-refractivity contribution in [3.63, 3.8) is 0 Å². The van der Waals surface area contributed by atoms with Crippen molar-refractivity contribution in [3.05, 3.63) is 68.2 Å². The number of carbonyl (C=O) groups excluding carboxylic acids is 2. The number of anilines is 1. The molecule has 7 heteroatoms. The Morgan fingerprint density at radius 2 is 1.83 bits per heavy atom. The minimum atomic E-state index is -0.604. The summed E-state index contributed by atoms with van der Waals surface area (Å²) in [6.07, 6.45) is 1.64. The Balaban J connectivity index is 1.93. The van der Waals surface area contributed by atoms with E-state index in [9.17, 15) is 14.0 Å². The Labute approximate surface area is 149 Å². The summed E-state index contributed by atoms with van der Waals surface area (Å²) in [4.78, 5) is 25.9. The lowest BCUT2D eigenvalue weighted by atomic mass is 10.2. The average Bonchev–Trinajstić information content (AvgIpc) is 2.79. The molecule has 2 aromatic carbocycles. The molecule has 0 aliphatic carbocycles. The van der Waals surface area contributed by atoms with Gasteiger partial charge in [0.2, 0.25) is 0 Å². The molecule has 1 aliphatic heterocycles. The molecule has 0 saturated carbocycles. The van der Waals surface area contributed by atoms with Gasteiger partial charge in [0.1, 0.15) is 5.82 Å². The molecule has 2 aromatic rings. The molecule has 3 nitrogen and oxygen atoms in total. The Kier molecular flexibility index (Phi) is 4.57. The third-order valence-corrected chi connectivity index (χ3v) is 4.81. The first kappa shape index (κ1) is 16.2. The van der Waals surface area contributed by atoms with Crippen LogP contribution in [-0.4, -0.2) is 11.1 Å². The minimum Gasteiger partial charge on any atom is -0.268 e. The van der Waals surface area contributed by atoms with Crippen molar-refractivity contribution in [3.8, 4) is 0 Å². The van der Waals surface area contributed by atoms with Gasteiger partial charge in [-0.1, -0.05) is 39.7 Å². The lowest BCUT2D eigenvalue weighted by molar-refractivity contribution is -0.113. The first-order valence-corrected chi connectivity index (χ1v) is 8.43. The smallest absolute Gasteiger partial charge is 0.268 e. The molecule has 3 rings (SSSR count). The Morgan fingerprint density at radius 1 is 1.13 bits per heavy atom. The second-order valence-electron chi connectivity index (χ2n) is 4.67. The van der Waals surface area contributed by atoms with E-state index in [2.05, 4.69) is 15.9 Å². The van der Waals surface area contributed by atoms with Gasteiger partial charge in [0.25, 0.3) is 11.1 Å². The van der Waals surface area contributed by atoms with Crippen molar-refractivity contribution in [2.24, 2.45) is 0 Å². The number of imide groups is 1. The number of hydrogen-bond acceptors (Lipinski definition) is 3. The molecule has 1 fully saturated rings. The summed E-state index contributed by atoms with van der Waals surface area (Å²) in [6.45, 7) is 0. The molecular formula is C16H8BrClFNO2S. The van der Waals surface area contributed by atoms with Crippen LogP contribution in [0.15, 0.2) is 51.8 Å². The summed E-state index contributed by atoms with van der Waals surface area (Å²) in [5, 5.41) is -0.584. The van der Waals surface area contributed by atoms with Crippen molar-refractivity contribution in [2.45, 2.75) is 0 Å². The zero-order valence-electron chi connectivity index (χ0n) is 11.4. The van der Waals surface area contributed by atoms with Gasteiger partial charge in [0.15, 0.2) is 0 Å². The van der Waals surface area contributed by atoms with Crippen LogP contribution < -0.4 is 4.90 Å². The van der Waals surface area contributed by atoms with E-state index >= 15 is 0 Å². The Morgan fingerprint density at radius 3 is 2.48 bits per heavy atom. The van der Waals surface area contributed by atoms with E-state index in [0.717, 1.165) is 32.8 Å². The first-order chi connectivity index (χ1) is 11.0. The van der Waals surface area contributed by atoms with Gasteiger partial charge < -0.3 is 0 Å². The molecule has 23 heavy (non-hydrogen) atoms. The van der Waals surface area contributed by atoms with Crippen LogP contribution in [-0.2, 0) is 4.79 Å². The molecule has 0 N–H and O–H groups in total. The summed E-state index contributed by atoms with van der Waals surface area (Å²) in [5.41, 5.74) is 1.05. The summed E-state index contributed by atoms with van der Waals surface area (Å²) < 4.78 is 14.2. The number of halogens is 3. The number of benzene rings is 2. The van der Waals surface area contributed by atoms with Gasteiger partial charge in [0.05, 0.1) is 15.6 Å². The molecule has 0 radical (unpaired) electrons. The fraction of sp³-hybridized carbons (Fsp3) is 0. The molecule has 1 saturated heterocycles. The van der Waals surface area contributed by atoms with Gasteiger partial charge >= 0.3 is 0 Å². The number of carbonyl (C=O) groups is 2. The maximum absolute atomic E-state index is 13.2. The lowest BCUT2D eigenvalue weighted by Gasteiger charge is -2.12. The molecule has 0 unspecified atom stereocenters. The van der Waals surface area contributed by atoms with Gasteiger partial charge in [-0.05, 0) is 53.7 Å². The van der Waals surface area contributed by atoms with Crippen LogP contribution >= 0.6 is 39.3 Å². The predicted molar refractivity (Wildman–Crippen MR) is 94.0 cm³/mol. The maximum Gasteiger partial charge on any atom is 0.298 e. The Hall–Kier alpha value is -1.63. The van der Waals surface area contributed by atoms with Crippen LogP contribution in [0.3, 0.4) is 0 Å². The number of hydrogen-bond donors (Lipinski definition) is 0. The quantitative estimate of drug-likeness (QED) is 0.613. The van der Waals surface area contributed by atoms with E-state index in [-0.39, 0.29) is 10.7 Å². The Bertz CT molecular complexity index is 838. The number of amides is 2. The van der Waals surface area contributed by atoms with E-state index in [1.54, 1.807) is 6.08 Å². The van der Waals surface area contributed by atoms with E-state index < -0.39 is 17.0 Å². The average molecular weight is 413 g/mol. The number of nitrogens with zero attached hydrogens (tertiary/aromatic N) is 1. The third-order valence-electron chi connectivity index (χ3n) is 3.12. The van der Waals surface area contributed by atoms with Gasteiger partial charge in [-0.25, -0.2) is 9.29 Å². The molecule has 0 aromatic heterocycles. The highest BCUT2D eigenvalue weighted by Crippen LogP contribution is 2.36. The van der Waals surface area contributed by atoms with Crippen LogP contribution in [0, 0.1) is 5.82 Å². The van der Waals surface area contributed by atoms with Gasteiger partial charge in [-0.15, -0.1) is 0 Å². The van der Waals surface area contributed by atoms with E-state index in [0.29, 0.717) is 4.91 Å². The van der Waals surface area contributed by atoms with Crippen molar-refractivity contribution in [2.75, 3.05) is 4.90 Å². The highest BCUT2D eigenvalue weighted by molar-refractivity contribution is 9.10. The van der Waals surface area contributed by atoms with Crippen LogP contribution in [0.4, 0.5) is 14.9 Å². The molecule has 2 amide bonds. The zero-order chi connectivity index (χ0) is 16.6. The predicted octanol–water partition coefficient (Wildman–Crippen LogP) is 5.48. The minimum absolute atomic E-state index is 0.140. The summed E-state index contributed by atoms with van der Waals surface area (Å²) in [5.74, 6) is -1.06. The fourth-order valence-electron chi connectivity index (χ4n) is 2.02. The number of thioether (sulfide) groups is 1. The van der Waals surface area contributed by atoms with Crippen LogP contribution in [0.1, 0.15) is 5.56 Å². The van der Waals surface area contributed by atoms with Crippen LogP contribution in [0.5, 0.6) is 0 Å². The van der Waals surface area contributed by atoms with Crippen LogP contribution in [0.25, 0.3) is 6.08 Å². The van der Waals surface area contributed by atoms with Gasteiger partial charge in [-0.3, -0.25) is 9.59 Å². The summed E-state index contributed by atoms with van der Waals surface area (Å²) in [7, 11) is 0. The van der Waals surface area contributed by atoms with Crippen molar-refractivity contribution in [1.82, 2.24) is 0 Å². The summed E-state index contributed by atoms with van der Waals surface area (Å²) >= 11 is 9.89. The van der Waals surface area contributed by atoms with E-state index in [4.69, 9.17) is 11.6 Å². The molecule has 1 heterocycles. The molecular weight excluding hydrogens is 405 g/mol. The number of rotatable bonds is 2. The van der Waals surface area contributed by atoms with Crippen LogP contribution in [0.2, 0.25) is 5.02 Å². The topological polar surface area (TPSA) is 37.4 Å². The fourth-order valence-corrected chi connectivity index (χ4v) is 3.31. The van der Waals surface area contributed by atoms with Crippen molar-refractivity contribution >= 4 is 62.2 Å². The monoisotopic (exact) mass is 411 g/mol. The lowest BCUT2D eigenvalue weighted by Crippen LogP contribution is -2.27.